The van der Waals surface area contributed by atoms with E-state index in [0.29, 0.717) is 17.4 Å². The zero-order chi connectivity index (χ0) is 44.3. The van der Waals surface area contributed by atoms with Gasteiger partial charge in [0.05, 0.1) is 39.9 Å². The predicted molar refractivity (Wildman–Crippen MR) is 258 cm³/mol. The number of aliphatic hydroxyl groups is 1. The van der Waals surface area contributed by atoms with E-state index >= 15 is 0 Å². The van der Waals surface area contributed by atoms with Gasteiger partial charge in [0.2, 0.25) is 5.91 Å². The Morgan fingerprint density at radius 1 is 0.567 bits per heavy atom. The van der Waals surface area contributed by atoms with Crippen molar-refractivity contribution in [3.63, 3.8) is 0 Å². The second-order valence-corrected chi connectivity index (χ2v) is 19.6. The summed E-state index contributed by atoms with van der Waals surface area (Å²) in [7, 11) is 1.55. The van der Waals surface area contributed by atoms with E-state index in [0.717, 1.165) is 44.9 Å². The maximum absolute atomic E-state index is 12.9. The first kappa shape index (κ1) is 58.5. The van der Waals surface area contributed by atoms with Crippen LogP contribution in [0.4, 0.5) is 0 Å². The molecular formula is C51H98N2O6P+. The van der Waals surface area contributed by atoms with Crippen molar-refractivity contribution in [3.8, 4) is 0 Å². The van der Waals surface area contributed by atoms with Crippen LogP contribution in [0.1, 0.15) is 219 Å². The number of allylic oxidation sites excluding steroid dienone is 7. The van der Waals surface area contributed by atoms with Gasteiger partial charge >= 0.3 is 7.82 Å². The lowest BCUT2D eigenvalue weighted by Gasteiger charge is -2.25. The molecule has 0 aromatic heterocycles. The number of rotatable bonds is 45. The van der Waals surface area contributed by atoms with E-state index in [1.54, 1.807) is 6.08 Å². The lowest BCUT2D eigenvalue weighted by Crippen LogP contribution is -2.45. The number of hydrogen-bond acceptors (Lipinski definition) is 5. The van der Waals surface area contributed by atoms with Crippen molar-refractivity contribution in [3.05, 3.63) is 48.6 Å². The van der Waals surface area contributed by atoms with Gasteiger partial charge in [0.1, 0.15) is 13.2 Å². The smallest absolute Gasteiger partial charge is 0.387 e. The average Bonchev–Trinajstić information content (AvgIpc) is 3.20. The Hall–Kier alpha value is -1.54. The number of hydrogen-bond donors (Lipinski definition) is 3. The third-order valence-electron chi connectivity index (χ3n) is 11.0. The van der Waals surface area contributed by atoms with Crippen molar-refractivity contribution in [2.45, 2.75) is 231 Å². The summed E-state index contributed by atoms with van der Waals surface area (Å²) in [4.78, 5) is 23.2. The molecule has 0 radical (unpaired) electrons. The summed E-state index contributed by atoms with van der Waals surface area (Å²) in [6, 6.07) is -0.866. The van der Waals surface area contributed by atoms with Crippen molar-refractivity contribution in [2.24, 2.45) is 0 Å². The van der Waals surface area contributed by atoms with E-state index in [9.17, 15) is 19.4 Å². The van der Waals surface area contributed by atoms with Crippen molar-refractivity contribution in [2.75, 3.05) is 40.9 Å². The lowest BCUT2D eigenvalue weighted by molar-refractivity contribution is -0.870. The molecule has 0 saturated heterocycles. The quantitative estimate of drug-likeness (QED) is 0.0244. The zero-order valence-corrected chi connectivity index (χ0v) is 40.8. The summed E-state index contributed by atoms with van der Waals surface area (Å²) >= 11 is 0. The van der Waals surface area contributed by atoms with Crippen LogP contribution in [0.25, 0.3) is 0 Å². The van der Waals surface area contributed by atoms with Crippen molar-refractivity contribution in [1.82, 2.24) is 5.32 Å². The first-order chi connectivity index (χ1) is 29.0. The molecular weight excluding hydrogens is 768 g/mol. The van der Waals surface area contributed by atoms with Gasteiger partial charge < -0.3 is 19.8 Å². The number of quaternary nitrogens is 1. The Morgan fingerprint density at radius 3 is 1.47 bits per heavy atom. The van der Waals surface area contributed by atoms with E-state index in [1.807, 2.05) is 27.2 Å². The molecule has 60 heavy (non-hydrogen) atoms. The molecule has 0 saturated carbocycles. The van der Waals surface area contributed by atoms with E-state index in [-0.39, 0.29) is 19.1 Å². The predicted octanol–water partition coefficient (Wildman–Crippen LogP) is 14.4. The monoisotopic (exact) mass is 866 g/mol. The molecule has 3 atom stereocenters. The third-order valence-corrected chi connectivity index (χ3v) is 12.0. The van der Waals surface area contributed by atoms with Gasteiger partial charge in [0.25, 0.3) is 0 Å². The Kier molecular flexibility index (Phi) is 41.6. The molecule has 0 rings (SSSR count). The van der Waals surface area contributed by atoms with Gasteiger partial charge in [-0.15, -0.1) is 0 Å². The molecule has 0 aliphatic heterocycles. The minimum atomic E-state index is -4.35. The highest BCUT2D eigenvalue weighted by atomic mass is 31.2. The molecule has 0 heterocycles. The molecule has 3 unspecified atom stereocenters. The topological polar surface area (TPSA) is 105 Å². The molecule has 0 aromatic rings. The number of nitrogens with one attached hydrogen (secondary N) is 1. The number of carbonyl (C=O) groups excluding carboxylic acids is 1. The molecule has 0 spiro atoms. The fourth-order valence-electron chi connectivity index (χ4n) is 7.03. The van der Waals surface area contributed by atoms with E-state index in [1.165, 1.54) is 154 Å². The Morgan fingerprint density at radius 2 is 0.967 bits per heavy atom. The summed E-state index contributed by atoms with van der Waals surface area (Å²) < 4.78 is 23.6. The SMILES string of the molecule is CCCCC/C=C\C/C=C\CCCCCCCCCCCC(=O)NC(COP(=O)(O)OCC[N+](C)(C)C)C(O)/C=C/CC/C=C/CCCCCCCCCCCCCCC. The molecule has 9 heteroatoms. The number of carbonyl (C=O) groups is 1. The highest BCUT2D eigenvalue weighted by Crippen LogP contribution is 2.43. The summed E-state index contributed by atoms with van der Waals surface area (Å²) in [6.07, 6.45) is 54.7. The van der Waals surface area contributed by atoms with E-state index in [2.05, 4.69) is 55.6 Å². The van der Waals surface area contributed by atoms with Gasteiger partial charge in [0.15, 0.2) is 0 Å². The van der Waals surface area contributed by atoms with Gasteiger partial charge in [-0.05, 0) is 64.2 Å². The van der Waals surface area contributed by atoms with E-state index in [4.69, 9.17) is 9.05 Å². The summed E-state index contributed by atoms with van der Waals surface area (Å²) in [5.74, 6) is -0.192. The second kappa shape index (κ2) is 42.7. The van der Waals surface area contributed by atoms with Crippen LogP contribution in [0.15, 0.2) is 48.6 Å². The molecule has 8 nitrogen and oxygen atoms in total. The largest absolute Gasteiger partial charge is 0.472 e. The van der Waals surface area contributed by atoms with Crippen molar-refractivity contribution >= 4 is 13.7 Å². The van der Waals surface area contributed by atoms with Crippen LogP contribution in [0.5, 0.6) is 0 Å². The number of nitrogens with zero attached hydrogens (tertiary/aromatic N) is 1. The van der Waals surface area contributed by atoms with Gasteiger partial charge in [-0.2, -0.15) is 0 Å². The van der Waals surface area contributed by atoms with Gasteiger partial charge in [0, 0.05) is 6.42 Å². The lowest BCUT2D eigenvalue weighted by atomic mass is 10.0. The van der Waals surface area contributed by atoms with Gasteiger partial charge in [-0.1, -0.05) is 197 Å². The Balaban J connectivity index is 4.39. The minimum absolute atomic E-state index is 0.0544. The van der Waals surface area contributed by atoms with Crippen LogP contribution >= 0.6 is 7.82 Å². The molecule has 0 fully saturated rings. The fourth-order valence-corrected chi connectivity index (χ4v) is 7.76. The molecule has 0 aromatic carbocycles. The Bertz CT molecular complexity index is 1120. The number of phosphoric ester groups is 1. The summed E-state index contributed by atoms with van der Waals surface area (Å²) in [6.45, 7) is 4.77. The molecule has 0 aliphatic rings. The number of unbranched alkanes of at least 4 members (excludes halogenated alkanes) is 26. The second-order valence-electron chi connectivity index (χ2n) is 18.2. The maximum atomic E-state index is 12.9. The highest BCUT2D eigenvalue weighted by Gasteiger charge is 2.27. The number of phosphoric acid groups is 1. The summed E-state index contributed by atoms with van der Waals surface area (Å²) in [5.41, 5.74) is 0. The van der Waals surface area contributed by atoms with Crippen LogP contribution < -0.4 is 5.32 Å². The maximum Gasteiger partial charge on any atom is 0.472 e. The first-order valence-electron chi connectivity index (χ1n) is 25.0. The van der Waals surface area contributed by atoms with Crippen LogP contribution in [0.3, 0.4) is 0 Å². The van der Waals surface area contributed by atoms with E-state index < -0.39 is 20.0 Å². The fraction of sp³-hybridized carbons (Fsp3) is 0.824. The Labute approximate surface area is 371 Å². The van der Waals surface area contributed by atoms with Crippen LogP contribution in [0.2, 0.25) is 0 Å². The average molecular weight is 866 g/mol. The van der Waals surface area contributed by atoms with Gasteiger partial charge in [-0.25, -0.2) is 4.57 Å². The normalized spacial score (nSPS) is 14.6. The zero-order valence-electron chi connectivity index (χ0n) is 39.9. The standard InChI is InChI=1S/C51H97N2O6P/c1-6-8-10-12-14-16-18-20-22-24-26-28-30-32-34-36-38-40-42-44-50(54)49(48-59-60(56,57)58-47-46-53(3,4)5)52-51(55)45-43-41-39-37-35-33-31-29-27-25-23-21-19-17-15-13-11-9-7-2/h15,17,21,23,34,36,42,44,49-50,54H,6-14,16,18-20,22,24-33,35,37-41,43,45-48H2,1-5H3,(H-,52,55,56,57)/p+1/b17-15-,23-21-,36-34+,44-42+. The molecule has 3 N–H and O–H groups in total. The van der Waals surface area contributed by atoms with Crippen LogP contribution in [-0.4, -0.2) is 73.4 Å². The van der Waals surface area contributed by atoms with Crippen LogP contribution in [-0.2, 0) is 18.4 Å². The van der Waals surface area contributed by atoms with Crippen molar-refractivity contribution < 1.29 is 32.9 Å². The molecule has 1 amide bonds. The molecule has 0 bridgehead atoms. The third kappa shape index (κ3) is 44.5. The van der Waals surface area contributed by atoms with Gasteiger partial charge in [-0.3, -0.25) is 13.8 Å². The number of amides is 1. The molecule has 352 valence electrons. The van der Waals surface area contributed by atoms with Crippen LogP contribution in [0, 0.1) is 0 Å². The first-order valence-corrected chi connectivity index (χ1v) is 26.5. The molecule has 0 aliphatic carbocycles. The number of likely N-dealkylation sites (N-methyl/N-ethyl adjacent to an activating group) is 1. The minimum Gasteiger partial charge on any atom is -0.387 e. The van der Waals surface area contributed by atoms with Crippen molar-refractivity contribution in [1.29, 1.82) is 0 Å². The number of aliphatic hydroxyl groups excluding tert-OH is 1. The highest BCUT2D eigenvalue weighted by molar-refractivity contribution is 7.47. The summed E-state index contributed by atoms with van der Waals surface area (Å²) in [5, 5.41) is 13.9.